The highest BCUT2D eigenvalue weighted by molar-refractivity contribution is 5.26. The third kappa shape index (κ3) is 2.75. The predicted octanol–water partition coefficient (Wildman–Crippen LogP) is 3.23. The van der Waals surface area contributed by atoms with Crippen LogP contribution in [-0.2, 0) is 4.74 Å². The van der Waals surface area contributed by atoms with Crippen LogP contribution in [0.3, 0.4) is 0 Å². The van der Waals surface area contributed by atoms with Crippen LogP contribution in [0.2, 0.25) is 0 Å². The summed E-state index contributed by atoms with van der Waals surface area (Å²) < 4.78 is 6.82. The molecule has 32 heavy (non-hydrogen) atoms. The fourth-order valence-corrected chi connectivity index (χ4v) is 10.0. The van der Waals surface area contributed by atoms with Crippen LogP contribution in [0, 0.1) is 46.3 Å². The van der Waals surface area contributed by atoms with Gasteiger partial charge in [-0.25, -0.2) is 0 Å². The molecule has 0 amide bonds. The van der Waals surface area contributed by atoms with Crippen molar-refractivity contribution < 1.29 is 20.1 Å². The molecule has 4 aliphatic carbocycles. The molecular weight excluding hydrogens is 402 g/mol. The van der Waals surface area contributed by atoms with Gasteiger partial charge in [0.25, 0.3) is 0 Å². The van der Waals surface area contributed by atoms with E-state index in [1.807, 2.05) is 0 Å². The molecule has 0 aromatic heterocycles. The summed E-state index contributed by atoms with van der Waals surface area (Å²) in [6, 6.07) is 0. The van der Waals surface area contributed by atoms with Gasteiger partial charge in [0.15, 0.2) is 0 Å². The Kier molecular flexibility index (Phi) is 5.01. The Hall–Kier alpha value is -0.460. The smallest absolute Gasteiger partial charge is 0.148 e. The minimum Gasteiger partial charge on any atom is -0.396 e. The summed E-state index contributed by atoms with van der Waals surface area (Å²) in [5.74, 6) is 3.00. The Balaban J connectivity index is 1.27. The molecule has 12 atom stereocenters. The van der Waals surface area contributed by atoms with Gasteiger partial charge in [0.05, 0.1) is 18.3 Å². The molecule has 180 valence electrons. The van der Waals surface area contributed by atoms with E-state index < -0.39 is 11.8 Å². The molecule has 0 aromatic rings. The maximum absolute atomic E-state index is 11.1. The van der Waals surface area contributed by atoms with Crippen molar-refractivity contribution in [3.63, 3.8) is 0 Å². The molecule has 0 bridgehead atoms. The van der Waals surface area contributed by atoms with Crippen molar-refractivity contribution in [2.45, 2.75) is 96.2 Å². The standard InChI is InChI=1S/C27H43NO4/c1-15-24-22(32-27(15)23(31)10-16(14-29)13-28-27)12-21-19-5-4-17-11-18(30)6-8-25(17,2)20(19)7-9-26(21,24)3/h4,15-16,18-24,28-31H,5-14H2,1-3H3. The van der Waals surface area contributed by atoms with Gasteiger partial charge in [0.1, 0.15) is 5.72 Å². The van der Waals surface area contributed by atoms with Gasteiger partial charge in [0, 0.05) is 19.1 Å². The van der Waals surface area contributed by atoms with Crippen LogP contribution in [0.1, 0.15) is 72.1 Å². The molecule has 5 nitrogen and oxygen atoms in total. The lowest BCUT2D eigenvalue weighted by Gasteiger charge is -2.58. The fraction of sp³-hybridized carbons (Fsp3) is 0.926. The molecule has 6 aliphatic rings. The van der Waals surface area contributed by atoms with Gasteiger partial charge < -0.3 is 20.1 Å². The molecule has 1 spiro atoms. The van der Waals surface area contributed by atoms with E-state index in [2.05, 4.69) is 32.2 Å². The van der Waals surface area contributed by atoms with Crippen molar-refractivity contribution in [3.8, 4) is 0 Å². The van der Waals surface area contributed by atoms with E-state index >= 15 is 0 Å². The Morgan fingerprint density at radius 1 is 1.12 bits per heavy atom. The molecule has 5 heteroatoms. The van der Waals surface area contributed by atoms with Crippen LogP contribution in [-0.4, -0.2) is 52.5 Å². The van der Waals surface area contributed by atoms with Crippen LogP contribution in [0.5, 0.6) is 0 Å². The number of nitrogens with one attached hydrogen (secondary N) is 1. The maximum atomic E-state index is 11.1. The zero-order valence-corrected chi connectivity index (χ0v) is 20.1. The number of rotatable bonds is 1. The number of aliphatic hydroxyl groups is 3. The van der Waals surface area contributed by atoms with Crippen LogP contribution in [0.4, 0.5) is 0 Å². The SMILES string of the molecule is CC1C2C(CC3C4CC=C5CC(O)CCC5(C)C4CCC32C)OC12NCC(CO)CC2O. The summed E-state index contributed by atoms with van der Waals surface area (Å²) in [5.41, 5.74) is 1.43. The average molecular weight is 446 g/mol. The largest absolute Gasteiger partial charge is 0.396 e. The summed E-state index contributed by atoms with van der Waals surface area (Å²) in [7, 11) is 0. The molecule has 5 fully saturated rings. The Labute approximate surface area is 193 Å². The minimum absolute atomic E-state index is 0.114. The number of allylic oxidation sites excluding steroid dienone is 1. The summed E-state index contributed by atoms with van der Waals surface area (Å²) in [6.45, 7) is 8.18. The number of hydrogen-bond acceptors (Lipinski definition) is 5. The van der Waals surface area contributed by atoms with E-state index in [0.29, 0.717) is 18.3 Å². The van der Waals surface area contributed by atoms with Gasteiger partial charge in [-0.05, 0) is 91.8 Å². The van der Waals surface area contributed by atoms with Crippen LogP contribution < -0.4 is 5.32 Å². The molecule has 6 rings (SSSR count). The first-order valence-electron chi connectivity index (χ1n) is 13.3. The first kappa shape index (κ1) is 22.0. The summed E-state index contributed by atoms with van der Waals surface area (Å²) in [6.07, 6.45) is 10.4. The highest BCUT2D eigenvalue weighted by Crippen LogP contribution is 2.70. The van der Waals surface area contributed by atoms with Gasteiger partial charge in [-0.2, -0.15) is 0 Å². The minimum atomic E-state index is -0.642. The zero-order valence-electron chi connectivity index (χ0n) is 20.1. The van der Waals surface area contributed by atoms with Gasteiger partial charge in [-0.1, -0.05) is 32.4 Å². The van der Waals surface area contributed by atoms with Crippen LogP contribution >= 0.6 is 0 Å². The zero-order chi connectivity index (χ0) is 22.5. The van der Waals surface area contributed by atoms with Crippen molar-refractivity contribution in [1.29, 1.82) is 0 Å². The number of hydrogen-bond donors (Lipinski definition) is 4. The lowest BCUT2D eigenvalue weighted by molar-refractivity contribution is -0.180. The molecular formula is C27H43NO4. The monoisotopic (exact) mass is 445 g/mol. The van der Waals surface area contributed by atoms with E-state index in [0.717, 1.165) is 44.1 Å². The van der Waals surface area contributed by atoms with E-state index in [4.69, 9.17) is 4.74 Å². The number of piperidine rings is 1. The summed E-state index contributed by atoms with van der Waals surface area (Å²) in [5, 5.41) is 34.5. The lowest BCUT2D eigenvalue weighted by Crippen LogP contribution is -2.64. The second-order valence-corrected chi connectivity index (χ2v) is 12.9. The first-order valence-corrected chi connectivity index (χ1v) is 13.3. The highest BCUT2D eigenvalue weighted by Gasteiger charge is 2.69. The number of aliphatic hydroxyl groups excluding tert-OH is 3. The van der Waals surface area contributed by atoms with Crippen LogP contribution in [0.25, 0.3) is 0 Å². The quantitative estimate of drug-likeness (QED) is 0.466. The Bertz CT molecular complexity index is 801. The molecule has 0 radical (unpaired) electrons. The van der Waals surface area contributed by atoms with E-state index in [9.17, 15) is 15.3 Å². The lowest BCUT2D eigenvalue weighted by atomic mass is 9.46. The number of ether oxygens (including phenoxy) is 1. The number of fused-ring (bicyclic) bond motifs is 7. The van der Waals surface area contributed by atoms with Crippen LogP contribution in [0.15, 0.2) is 11.6 Å². The highest BCUT2D eigenvalue weighted by atomic mass is 16.5. The molecule has 2 aliphatic heterocycles. The topological polar surface area (TPSA) is 82.0 Å². The molecule has 4 N–H and O–H groups in total. The summed E-state index contributed by atoms with van der Waals surface area (Å²) in [4.78, 5) is 0. The van der Waals surface area contributed by atoms with Gasteiger partial charge in [-0.3, -0.25) is 5.32 Å². The Morgan fingerprint density at radius 2 is 1.94 bits per heavy atom. The maximum Gasteiger partial charge on any atom is 0.148 e. The van der Waals surface area contributed by atoms with Crippen molar-refractivity contribution in [3.05, 3.63) is 11.6 Å². The van der Waals surface area contributed by atoms with Crippen molar-refractivity contribution in [1.82, 2.24) is 5.32 Å². The molecule has 0 aromatic carbocycles. The van der Waals surface area contributed by atoms with E-state index in [1.54, 1.807) is 0 Å². The third-order valence-electron chi connectivity index (χ3n) is 11.7. The fourth-order valence-electron chi connectivity index (χ4n) is 10.0. The second-order valence-electron chi connectivity index (χ2n) is 12.9. The van der Waals surface area contributed by atoms with Gasteiger partial charge in [0.2, 0.25) is 0 Å². The molecule has 3 saturated carbocycles. The van der Waals surface area contributed by atoms with Crippen molar-refractivity contribution in [2.24, 2.45) is 46.3 Å². The van der Waals surface area contributed by atoms with E-state index in [1.165, 1.54) is 24.8 Å². The van der Waals surface area contributed by atoms with E-state index in [-0.39, 0.29) is 41.5 Å². The predicted molar refractivity (Wildman–Crippen MR) is 123 cm³/mol. The second kappa shape index (κ2) is 7.27. The molecule has 2 heterocycles. The van der Waals surface area contributed by atoms with Crippen molar-refractivity contribution in [2.75, 3.05) is 13.2 Å². The third-order valence-corrected chi connectivity index (χ3v) is 11.7. The molecule has 2 saturated heterocycles. The van der Waals surface area contributed by atoms with Crippen molar-refractivity contribution >= 4 is 0 Å². The average Bonchev–Trinajstić information content (AvgIpc) is 3.22. The molecule has 12 unspecified atom stereocenters. The van der Waals surface area contributed by atoms with Gasteiger partial charge >= 0.3 is 0 Å². The Morgan fingerprint density at radius 3 is 2.69 bits per heavy atom. The van der Waals surface area contributed by atoms with Gasteiger partial charge in [-0.15, -0.1) is 0 Å². The normalized spacial score (nSPS) is 59.2. The summed E-state index contributed by atoms with van der Waals surface area (Å²) >= 11 is 0. The first-order chi connectivity index (χ1) is 15.2.